The number of amides is 1. The van der Waals surface area contributed by atoms with E-state index in [9.17, 15) is 14.3 Å². The summed E-state index contributed by atoms with van der Waals surface area (Å²) in [6.45, 7) is 5.56. The summed E-state index contributed by atoms with van der Waals surface area (Å²) in [6, 6.07) is 11.4. The van der Waals surface area contributed by atoms with Crippen LogP contribution in [0.3, 0.4) is 0 Å². The minimum absolute atomic E-state index is 0.0349. The van der Waals surface area contributed by atoms with Gasteiger partial charge in [-0.1, -0.05) is 12.1 Å². The van der Waals surface area contributed by atoms with Crippen molar-refractivity contribution in [2.75, 3.05) is 6.54 Å². The van der Waals surface area contributed by atoms with E-state index in [4.69, 9.17) is 4.74 Å². The maximum absolute atomic E-state index is 13.4. The molecule has 0 spiro atoms. The Morgan fingerprint density at radius 3 is 2.57 bits per heavy atom. The van der Waals surface area contributed by atoms with Gasteiger partial charge in [0, 0.05) is 24.7 Å². The van der Waals surface area contributed by atoms with Crippen LogP contribution < -0.4 is 4.74 Å². The van der Waals surface area contributed by atoms with Crippen molar-refractivity contribution in [2.24, 2.45) is 11.8 Å². The first-order valence-electron chi connectivity index (χ1n) is 10.8. The predicted octanol–water partition coefficient (Wildman–Crippen LogP) is 5.54. The lowest BCUT2D eigenvalue weighted by atomic mass is 9.77. The Hall–Kier alpha value is -2.56. The molecule has 1 fully saturated rings. The maximum atomic E-state index is 13.4. The molecule has 160 valence electrons. The number of aromatic hydroxyl groups is 1. The lowest BCUT2D eigenvalue weighted by Gasteiger charge is -2.35. The van der Waals surface area contributed by atoms with Crippen molar-refractivity contribution in [3.63, 3.8) is 0 Å². The van der Waals surface area contributed by atoms with Crippen LogP contribution in [-0.2, 0) is 6.54 Å². The molecule has 4 nitrogen and oxygen atoms in total. The van der Waals surface area contributed by atoms with E-state index in [0.29, 0.717) is 29.7 Å². The number of rotatable bonds is 6. The van der Waals surface area contributed by atoms with Crippen molar-refractivity contribution < 1.29 is 19.0 Å². The van der Waals surface area contributed by atoms with Gasteiger partial charge in [-0.3, -0.25) is 4.79 Å². The van der Waals surface area contributed by atoms with Crippen LogP contribution in [0.5, 0.6) is 11.5 Å². The fraction of sp³-hybridized carbons (Fsp3) is 0.480. The number of hydrogen-bond donors (Lipinski definition) is 1. The number of nitrogens with zero attached hydrogens (tertiary/aromatic N) is 1. The normalized spacial score (nSPS) is 21.6. The summed E-state index contributed by atoms with van der Waals surface area (Å²) >= 11 is 0. The number of carbonyl (C=O) groups excluding carboxylic acids is 1. The van der Waals surface area contributed by atoms with Gasteiger partial charge in [-0.2, -0.15) is 0 Å². The zero-order valence-electron chi connectivity index (χ0n) is 17.7. The van der Waals surface area contributed by atoms with E-state index in [0.717, 1.165) is 44.2 Å². The van der Waals surface area contributed by atoms with Gasteiger partial charge in [0.2, 0.25) is 0 Å². The topological polar surface area (TPSA) is 49.8 Å². The molecular formula is C25H30FNO3. The minimum Gasteiger partial charge on any atom is -0.508 e. The molecule has 1 aliphatic heterocycles. The van der Waals surface area contributed by atoms with Gasteiger partial charge >= 0.3 is 0 Å². The average molecular weight is 412 g/mol. The molecule has 1 N–H and O–H groups in total. The second kappa shape index (κ2) is 8.29. The molecule has 4 rings (SSSR count). The van der Waals surface area contributed by atoms with E-state index < -0.39 is 0 Å². The highest BCUT2D eigenvalue weighted by Gasteiger charge is 2.33. The summed E-state index contributed by atoms with van der Waals surface area (Å²) < 4.78 is 19.5. The second-order valence-electron chi connectivity index (χ2n) is 9.44. The predicted molar refractivity (Wildman–Crippen MR) is 114 cm³/mol. The van der Waals surface area contributed by atoms with Gasteiger partial charge in [0.15, 0.2) is 0 Å². The Morgan fingerprint density at radius 1 is 1.10 bits per heavy atom. The van der Waals surface area contributed by atoms with Gasteiger partial charge in [0.1, 0.15) is 22.9 Å². The molecular weight excluding hydrogens is 381 g/mol. The minimum atomic E-state index is -0.347. The zero-order chi connectivity index (χ0) is 21.3. The van der Waals surface area contributed by atoms with Crippen LogP contribution in [0, 0.1) is 17.7 Å². The maximum Gasteiger partial charge on any atom is 0.254 e. The zero-order valence-corrected chi connectivity index (χ0v) is 17.7. The third kappa shape index (κ3) is 4.77. The molecule has 1 saturated carbocycles. The number of phenols is 1. The summed E-state index contributed by atoms with van der Waals surface area (Å²) in [6.07, 6.45) is 5.38. The third-order valence-electron chi connectivity index (χ3n) is 6.39. The number of phenolic OH excluding ortho intramolecular Hbond substituents is 1. The molecule has 30 heavy (non-hydrogen) atoms. The Labute approximate surface area is 177 Å². The van der Waals surface area contributed by atoms with Crippen molar-refractivity contribution >= 4 is 5.91 Å². The number of fused-ring (bicyclic) bond motifs is 1. The quantitative estimate of drug-likeness (QED) is 0.679. The fourth-order valence-corrected chi connectivity index (χ4v) is 5.01. The van der Waals surface area contributed by atoms with Crippen molar-refractivity contribution in [3.05, 3.63) is 59.4 Å². The Bertz CT molecular complexity index is 918. The van der Waals surface area contributed by atoms with Crippen LogP contribution in [0.15, 0.2) is 42.5 Å². The van der Waals surface area contributed by atoms with Crippen LogP contribution in [-0.4, -0.2) is 28.1 Å². The number of hydrogen-bond acceptors (Lipinski definition) is 3. The van der Waals surface area contributed by atoms with Gasteiger partial charge < -0.3 is 14.7 Å². The smallest absolute Gasteiger partial charge is 0.254 e. The van der Waals surface area contributed by atoms with E-state index in [1.807, 2.05) is 11.0 Å². The molecule has 0 radical (unpaired) electrons. The molecule has 0 unspecified atom stereocenters. The van der Waals surface area contributed by atoms with Gasteiger partial charge in [0.25, 0.3) is 5.91 Å². The number of halogens is 1. The lowest BCUT2D eigenvalue weighted by molar-refractivity contribution is 0.0602. The standard InChI is InChI=1S/C25H30FNO3/c1-25(2,30-22-5-3-4-20(26)12-22)14-17-6-8-18(9-7-17)15-27-16-19-10-11-21(28)13-23(19)24(27)29/h3-5,10-13,17-18,28H,6-9,14-16H2,1-2H3. The molecule has 1 aliphatic carbocycles. The van der Waals surface area contributed by atoms with Gasteiger partial charge in [-0.15, -0.1) is 0 Å². The lowest BCUT2D eigenvalue weighted by Crippen LogP contribution is -2.35. The average Bonchev–Trinajstić information content (AvgIpc) is 2.98. The Morgan fingerprint density at radius 2 is 1.83 bits per heavy atom. The summed E-state index contributed by atoms with van der Waals surface area (Å²) in [4.78, 5) is 14.6. The highest BCUT2D eigenvalue weighted by atomic mass is 19.1. The van der Waals surface area contributed by atoms with E-state index in [1.165, 1.54) is 12.1 Å². The SMILES string of the molecule is CC(C)(CC1CCC(CN2Cc3ccc(O)cc3C2=O)CC1)Oc1cccc(F)c1. The summed E-state index contributed by atoms with van der Waals surface area (Å²) in [5.41, 5.74) is 1.29. The molecule has 2 aromatic carbocycles. The molecule has 1 heterocycles. The monoisotopic (exact) mass is 411 g/mol. The fourth-order valence-electron chi connectivity index (χ4n) is 5.01. The first-order chi connectivity index (χ1) is 14.3. The number of ether oxygens (including phenoxy) is 1. The molecule has 2 aliphatic rings. The van der Waals surface area contributed by atoms with Crippen LogP contribution in [0.4, 0.5) is 4.39 Å². The van der Waals surface area contributed by atoms with Gasteiger partial charge in [-0.05, 0) is 87.6 Å². The third-order valence-corrected chi connectivity index (χ3v) is 6.39. The highest BCUT2D eigenvalue weighted by Crippen LogP contribution is 2.37. The van der Waals surface area contributed by atoms with E-state index in [2.05, 4.69) is 13.8 Å². The highest BCUT2D eigenvalue weighted by molar-refractivity contribution is 5.98. The van der Waals surface area contributed by atoms with Gasteiger partial charge in [0.05, 0.1) is 0 Å². The first-order valence-corrected chi connectivity index (χ1v) is 10.8. The van der Waals surface area contributed by atoms with E-state index >= 15 is 0 Å². The Balaban J connectivity index is 1.27. The Kier molecular flexibility index (Phi) is 5.72. The molecule has 5 heteroatoms. The van der Waals surface area contributed by atoms with Gasteiger partial charge in [-0.25, -0.2) is 4.39 Å². The molecule has 2 aromatic rings. The largest absolute Gasteiger partial charge is 0.508 e. The van der Waals surface area contributed by atoms with E-state index in [1.54, 1.807) is 24.3 Å². The summed E-state index contributed by atoms with van der Waals surface area (Å²) in [5, 5.41) is 9.65. The molecule has 0 atom stereocenters. The van der Waals surface area contributed by atoms with Crippen molar-refractivity contribution in [2.45, 2.75) is 58.1 Å². The molecule has 1 amide bonds. The molecule has 0 aromatic heterocycles. The van der Waals surface area contributed by atoms with Crippen LogP contribution in [0.25, 0.3) is 0 Å². The molecule has 0 bridgehead atoms. The van der Waals surface area contributed by atoms with E-state index in [-0.39, 0.29) is 23.1 Å². The second-order valence-corrected chi connectivity index (χ2v) is 9.44. The van der Waals surface area contributed by atoms with Crippen LogP contribution >= 0.6 is 0 Å². The first kappa shape index (κ1) is 20.7. The summed E-state index contributed by atoms with van der Waals surface area (Å²) in [5.74, 6) is 1.57. The van der Waals surface area contributed by atoms with Crippen molar-refractivity contribution in [1.29, 1.82) is 0 Å². The van der Waals surface area contributed by atoms with Crippen LogP contribution in [0.1, 0.15) is 61.9 Å². The number of carbonyl (C=O) groups is 1. The van der Waals surface area contributed by atoms with Crippen LogP contribution in [0.2, 0.25) is 0 Å². The van der Waals surface area contributed by atoms with Crippen molar-refractivity contribution in [3.8, 4) is 11.5 Å². The molecule has 0 saturated heterocycles. The number of benzene rings is 2. The van der Waals surface area contributed by atoms with Crippen molar-refractivity contribution in [1.82, 2.24) is 4.90 Å². The summed E-state index contributed by atoms with van der Waals surface area (Å²) in [7, 11) is 0.